The van der Waals surface area contributed by atoms with Gasteiger partial charge in [-0.15, -0.1) is 0 Å². The summed E-state index contributed by atoms with van der Waals surface area (Å²) < 4.78 is 1.78. The van der Waals surface area contributed by atoms with E-state index in [1.54, 1.807) is 24.0 Å². The molecule has 0 atom stereocenters. The smallest absolute Gasteiger partial charge is 0.255 e. The van der Waals surface area contributed by atoms with E-state index in [1.165, 1.54) is 11.1 Å². The molecule has 3 aromatic rings. The Kier molecular flexibility index (Phi) is 4.34. The Hall–Kier alpha value is -3.27. The van der Waals surface area contributed by atoms with Crippen LogP contribution in [0.15, 0.2) is 24.8 Å². The third-order valence-corrected chi connectivity index (χ3v) is 4.69. The number of likely N-dealkylation sites (tertiary alicyclic amines) is 1. The maximum absolute atomic E-state index is 12.5. The number of aromatic amines is 1. The second kappa shape index (κ2) is 6.71. The molecule has 0 aromatic carbocycles. The quantitative estimate of drug-likeness (QED) is 0.576. The molecule has 0 spiro atoms. The number of amides is 2. The highest BCUT2D eigenvalue weighted by Gasteiger charge is 2.39. The average molecular weight is 383 g/mol. The van der Waals surface area contributed by atoms with E-state index in [2.05, 4.69) is 25.4 Å². The van der Waals surface area contributed by atoms with Crippen LogP contribution in [0.25, 0.3) is 22.4 Å². The molecule has 0 bridgehead atoms. The van der Waals surface area contributed by atoms with Crippen LogP contribution < -0.4 is 5.32 Å². The summed E-state index contributed by atoms with van der Waals surface area (Å²) >= 11 is 0. The summed E-state index contributed by atoms with van der Waals surface area (Å²) in [5, 5.41) is 16.5. The number of aliphatic hydroxyl groups is 1. The van der Waals surface area contributed by atoms with Crippen molar-refractivity contribution in [2.45, 2.75) is 26.0 Å². The molecule has 0 radical (unpaired) electrons. The first kappa shape index (κ1) is 18.1. The normalized spacial score (nSPS) is 15.5. The fourth-order valence-electron chi connectivity index (χ4n) is 3.19. The zero-order chi connectivity index (χ0) is 19.9. The SMILES string of the molecule is CCn1cc(-c2cnc3[nH]cc(C(=O)NCC(=O)N4CC(C)(O)C4)c3n2)cn1. The molecule has 28 heavy (non-hydrogen) atoms. The summed E-state index contributed by atoms with van der Waals surface area (Å²) in [5.74, 6) is -0.652. The Bertz CT molecular complexity index is 1040. The van der Waals surface area contributed by atoms with Gasteiger partial charge in [0.05, 0.1) is 48.9 Å². The van der Waals surface area contributed by atoms with E-state index >= 15 is 0 Å². The lowest BCUT2D eigenvalue weighted by molar-refractivity contribution is -0.151. The number of rotatable bonds is 5. The predicted molar refractivity (Wildman–Crippen MR) is 100 cm³/mol. The van der Waals surface area contributed by atoms with Crippen molar-refractivity contribution in [3.8, 4) is 11.3 Å². The Morgan fingerprint density at radius 1 is 1.36 bits per heavy atom. The number of β-amino-alcohol motifs (C(OH)–C–C–N with tert-alkyl or cyclic N) is 1. The van der Waals surface area contributed by atoms with Crippen LogP contribution in [0.5, 0.6) is 0 Å². The molecule has 3 N–H and O–H groups in total. The molecule has 1 aliphatic rings. The Balaban J connectivity index is 1.49. The van der Waals surface area contributed by atoms with Gasteiger partial charge in [0.1, 0.15) is 5.52 Å². The summed E-state index contributed by atoms with van der Waals surface area (Å²) in [5.41, 5.74) is 1.81. The van der Waals surface area contributed by atoms with E-state index in [1.807, 2.05) is 13.1 Å². The molecule has 2 amide bonds. The van der Waals surface area contributed by atoms with Crippen molar-refractivity contribution in [2.24, 2.45) is 0 Å². The number of H-pyrrole nitrogens is 1. The van der Waals surface area contributed by atoms with Crippen LogP contribution in [0.4, 0.5) is 0 Å². The average Bonchev–Trinajstić information content (AvgIpc) is 3.30. The van der Waals surface area contributed by atoms with Crippen LogP contribution in [0.2, 0.25) is 0 Å². The zero-order valence-electron chi connectivity index (χ0n) is 15.6. The highest BCUT2D eigenvalue weighted by molar-refractivity contribution is 6.05. The van der Waals surface area contributed by atoms with Crippen molar-refractivity contribution >= 4 is 23.0 Å². The number of hydrogen-bond donors (Lipinski definition) is 3. The van der Waals surface area contributed by atoms with Crippen molar-refractivity contribution in [3.63, 3.8) is 0 Å². The number of aromatic nitrogens is 5. The third-order valence-electron chi connectivity index (χ3n) is 4.69. The Labute approximate surface area is 160 Å². The van der Waals surface area contributed by atoms with Gasteiger partial charge in [0.2, 0.25) is 5.91 Å². The molecule has 4 heterocycles. The molecule has 1 aliphatic heterocycles. The van der Waals surface area contributed by atoms with Crippen LogP contribution in [-0.2, 0) is 11.3 Å². The fraction of sp³-hybridized carbons (Fsp3) is 0.389. The molecule has 10 nitrogen and oxygen atoms in total. The molecule has 0 aliphatic carbocycles. The van der Waals surface area contributed by atoms with Gasteiger partial charge >= 0.3 is 0 Å². The highest BCUT2D eigenvalue weighted by atomic mass is 16.3. The number of hydrogen-bond acceptors (Lipinski definition) is 6. The van der Waals surface area contributed by atoms with E-state index in [0.717, 1.165) is 12.1 Å². The summed E-state index contributed by atoms with van der Waals surface area (Å²) in [6.45, 7) is 4.81. The predicted octanol–water partition coefficient (Wildman–Crippen LogP) is 0.164. The summed E-state index contributed by atoms with van der Waals surface area (Å²) in [6, 6.07) is 0. The van der Waals surface area contributed by atoms with Crippen molar-refractivity contribution in [2.75, 3.05) is 19.6 Å². The van der Waals surface area contributed by atoms with Crippen LogP contribution in [-0.4, -0.2) is 71.8 Å². The molecule has 10 heteroatoms. The topological polar surface area (TPSA) is 129 Å². The maximum Gasteiger partial charge on any atom is 0.255 e. The maximum atomic E-state index is 12.5. The summed E-state index contributed by atoms with van der Waals surface area (Å²) in [7, 11) is 0. The first-order chi connectivity index (χ1) is 13.4. The fourth-order valence-corrected chi connectivity index (χ4v) is 3.19. The second-order valence-electron chi connectivity index (χ2n) is 7.17. The lowest BCUT2D eigenvalue weighted by Crippen LogP contribution is -2.63. The zero-order valence-corrected chi connectivity index (χ0v) is 15.6. The number of carbonyl (C=O) groups excluding carboxylic acids is 2. The van der Waals surface area contributed by atoms with Gasteiger partial charge in [0.15, 0.2) is 5.65 Å². The van der Waals surface area contributed by atoms with E-state index in [4.69, 9.17) is 0 Å². The van der Waals surface area contributed by atoms with E-state index in [-0.39, 0.29) is 25.5 Å². The Morgan fingerprint density at radius 2 is 2.14 bits per heavy atom. The van der Waals surface area contributed by atoms with Gasteiger partial charge in [0.25, 0.3) is 5.91 Å². The highest BCUT2D eigenvalue weighted by Crippen LogP contribution is 2.21. The van der Waals surface area contributed by atoms with Crippen molar-refractivity contribution in [1.82, 2.24) is 34.9 Å². The van der Waals surface area contributed by atoms with Gasteiger partial charge in [-0.1, -0.05) is 0 Å². The van der Waals surface area contributed by atoms with Crippen molar-refractivity contribution in [1.29, 1.82) is 0 Å². The minimum absolute atomic E-state index is 0.141. The monoisotopic (exact) mass is 383 g/mol. The summed E-state index contributed by atoms with van der Waals surface area (Å²) in [4.78, 5) is 37.9. The summed E-state index contributed by atoms with van der Waals surface area (Å²) in [6.07, 6.45) is 6.71. The largest absolute Gasteiger partial charge is 0.386 e. The lowest BCUT2D eigenvalue weighted by Gasteiger charge is -2.44. The first-order valence-electron chi connectivity index (χ1n) is 9.01. The van der Waals surface area contributed by atoms with Crippen LogP contribution in [0.3, 0.4) is 0 Å². The number of aryl methyl sites for hydroxylation is 1. The van der Waals surface area contributed by atoms with Gasteiger partial charge in [-0.3, -0.25) is 14.3 Å². The van der Waals surface area contributed by atoms with E-state index in [0.29, 0.717) is 22.4 Å². The molecule has 146 valence electrons. The van der Waals surface area contributed by atoms with Gasteiger partial charge in [0, 0.05) is 24.5 Å². The molecule has 3 aromatic heterocycles. The molecule has 0 unspecified atom stereocenters. The van der Waals surface area contributed by atoms with Gasteiger partial charge in [-0.05, 0) is 13.8 Å². The first-order valence-corrected chi connectivity index (χ1v) is 9.01. The van der Waals surface area contributed by atoms with Crippen molar-refractivity contribution < 1.29 is 14.7 Å². The van der Waals surface area contributed by atoms with Gasteiger partial charge in [-0.2, -0.15) is 5.10 Å². The van der Waals surface area contributed by atoms with Crippen LogP contribution in [0.1, 0.15) is 24.2 Å². The number of nitrogens with zero attached hydrogens (tertiary/aromatic N) is 5. The molecule has 4 rings (SSSR count). The van der Waals surface area contributed by atoms with E-state index < -0.39 is 11.5 Å². The number of carbonyl (C=O) groups is 2. The number of nitrogens with one attached hydrogen (secondary N) is 2. The van der Waals surface area contributed by atoms with Crippen molar-refractivity contribution in [3.05, 3.63) is 30.4 Å². The molecule has 1 saturated heterocycles. The Morgan fingerprint density at radius 3 is 2.82 bits per heavy atom. The van der Waals surface area contributed by atoms with Gasteiger partial charge < -0.3 is 20.3 Å². The minimum Gasteiger partial charge on any atom is -0.386 e. The third kappa shape index (κ3) is 3.33. The molecule has 0 saturated carbocycles. The molecule has 1 fully saturated rings. The van der Waals surface area contributed by atoms with E-state index in [9.17, 15) is 14.7 Å². The standard InChI is InChI=1S/C18H21N7O3/c1-3-25-8-11(4-22-25)13-6-20-16-15(23-13)12(5-19-16)17(27)21-7-14(26)24-9-18(2,28)10-24/h4-6,8,28H,3,7,9-10H2,1-2H3,(H,19,20)(H,21,27). The van der Waals surface area contributed by atoms with Gasteiger partial charge in [-0.25, -0.2) is 9.97 Å². The van der Waals surface area contributed by atoms with Crippen LogP contribution in [0, 0.1) is 0 Å². The van der Waals surface area contributed by atoms with Crippen LogP contribution >= 0.6 is 0 Å². The minimum atomic E-state index is -0.839. The number of fused-ring (bicyclic) bond motifs is 1. The molecular formula is C18H21N7O3. The lowest BCUT2D eigenvalue weighted by atomic mass is 9.97. The second-order valence-corrected chi connectivity index (χ2v) is 7.17. The molecular weight excluding hydrogens is 362 g/mol.